The molecule has 0 saturated heterocycles. The Bertz CT molecular complexity index is 447. The van der Waals surface area contributed by atoms with Gasteiger partial charge in [-0.3, -0.25) is 9.35 Å². The fourth-order valence-electron chi connectivity index (χ4n) is 0.959. The molecular weight excluding hydrogens is 224 g/mol. The number of carbonyl (C=O) groups is 1. The van der Waals surface area contributed by atoms with Crippen molar-refractivity contribution in [1.82, 2.24) is 0 Å². The van der Waals surface area contributed by atoms with Crippen LogP contribution >= 0.6 is 0 Å². The highest BCUT2D eigenvalue weighted by atomic mass is 32.3. The highest BCUT2D eigenvalue weighted by Gasteiger charge is 2.07. The fourth-order valence-corrected chi connectivity index (χ4v) is 1.31. The molecule has 0 aliphatic rings. The zero-order chi connectivity index (χ0) is 11.5. The van der Waals surface area contributed by atoms with E-state index in [9.17, 15) is 13.2 Å². The van der Waals surface area contributed by atoms with Gasteiger partial charge in [-0.15, -0.1) is 0 Å². The monoisotopic (exact) mass is 232 g/mol. The molecule has 1 aromatic carbocycles. The Kier molecular flexibility index (Phi) is 3.28. The van der Waals surface area contributed by atoms with Crippen molar-refractivity contribution in [1.29, 1.82) is 0 Å². The Balaban J connectivity index is 2.77. The third-order valence-corrected chi connectivity index (χ3v) is 1.88. The van der Waals surface area contributed by atoms with E-state index in [1.165, 1.54) is 24.3 Å². The van der Waals surface area contributed by atoms with Crippen molar-refractivity contribution in [3.05, 3.63) is 29.8 Å². The minimum Gasteiger partial charge on any atom is -0.481 e. The normalized spacial score (nSPS) is 11.0. The van der Waals surface area contributed by atoms with Gasteiger partial charge in [-0.2, -0.15) is 8.42 Å². The maximum atomic E-state index is 10.3. The number of aliphatic carboxylic acids is 1. The van der Waals surface area contributed by atoms with E-state index in [-0.39, 0.29) is 12.2 Å². The van der Waals surface area contributed by atoms with Gasteiger partial charge < -0.3 is 9.29 Å². The molecule has 0 unspecified atom stereocenters. The molecule has 1 aromatic rings. The second kappa shape index (κ2) is 4.28. The van der Waals surface area contributed by atoms with Crippen molar-refractivity contribution in [3.63, 3.8) is 0 Å². The standard InChI is InChI=1S/C8H8O6S/c9-8(10)5-6-1-3-7(4-2-6)14-15(11,12)13/h1-4H,5H2,(H,9,10)(H,11,12,13). The van der Waals surface area contributed by atoms with Gasteiger partial charge in [0.25, 0.3) is 0 Å². The summed E-state index contributed by atoms with van der Waals surface area (Å²) in [6.07, 6.45) is -0.161. The highest BCUT2D eigenvalue weighted by molar-refractivity contribution is 7.81. The summed E-state index contributed by atoms with van der Waals surface area (Å²) in [5, 5.41) is 8.46. The van der Waals surface area contributed by atoms with Crippen LogP contribution in [-0.4, -0.2) is 24.0 Å². The average Bonchev–Trinajstić information content (AvgIpc) is 2.05. The maximum absolute atomic E-state index is 10.3. The van der Waals surface area contributed by atoms with E-state index >= 15 is 0 Å². The van der Waals surface area contributed by atoms with Gasteiger partial charge in [0.05, 0.1) is 6.42 Å². The Morgan fingerprint density at radius 3 is 2.20 bits per heavy atom. The molecule has 6 nitrogen and oxygen atoms in total. The Labute approximate surface area is 86.1 Å². The SMILES string of the molecule is O=C(O)Cc1ccc(OS(=O)(=O)O)cc1. The van der Waals surface area contributed by atoms with Crippen molar-refractivity contribution < 1.29 is 27.1 Å². The second-order valence-electron chi connectivity index (χ2n) is 2.73. The van der Waals surface area contributed by atoms with Crippen LogP contribution in [0.5, 0.6) is 5.75 Å². The second-order valence-corrected chi connectivity index (χ2v) is 3.75. The van der Waals surface area contributed by atoms with Crippen LogP contribution in [0.15, 0.2) is 24.3 Å². The number of carboxylic acid groups (broad SMARTS) is 1. The lowest BCUT2D eigenvalue weighted by molar-refractivity contribution is -0.136. The van der Waals surface area contributed by atoms with E-state index in [4.69, 9.17) is 9.66 Å². The van der Waals surface area contributed by atoms with E-state index in [0.717, 1.165) is 0 Å². The van der Waals surface area contributed by atoms with Crippen LogP contribution in [0.1, 0.15) is 5.56 Å². The van der Waals surface area contributed by atoms with Gasteiger partial charge in [-0.1, -0.05) is 12.1 Å². The summed E-state index contributed by atoms with van der Waals surface area (Å²) >= 11 is 0. The van der Waals surface area contributed by atoms with Gasteiger partial charge in [-0.05, 0) is 17.7 Å². The molecule has 0 spiro atoms. The Hall–Kier alpha value is -1.60. The molecule has 0 saturated carbocycles. The zero-order valence-electron chi connectivity index (χ0n) is 7.45. The third-order valence-electron chi connectivity index (χ3n) is 1.48. The molecule has 0 radical (unpaired) electrons. The minimum absolute atomic E-state index is 0.0772. The zero-order valence-corrected chi connectivity index (χ0v) is 8.27. The van der Waals surface area contributed by atoms with Crippen molar-refractivity contribution in [3.8, 4) is 5.75 Å². The molecule has 82 valence electrons. The van der Waals surface area contributed by atoms with Gasteiger partial charge in [0.2, 0.25) is 0 Å². The smallest absolute Gasteiger partial charge is 0.446 e. The lowest BCUT2D eigenvalue weighted by Gasteiger charge is -2.01. The first-order chi connectivity index (χ1) is 6.87. The van der Waals surface area contributed by atoms with Crippen molar-refractivity contribution in [2.24, 2.45) is 0 Å². The third kappa shape index (κ3) is 4.43. The highest BCUT2D eigenvalue weighted by Crippen LogP contribution is 2.14. The summed E-state index contributed by atoms with van der Waals surface area (Å²) in [6, 6.07) is 5.31. The number of benzene rings is 1. The molecule has 0 aliphatic carbocycles. The summed E-state index contributed by atoms with van der Waals surface area (Å²) in [6.45, 7) is 0. The van der Waals surface area contributed by atoms with Gasteiger partial charge in [-0.25, -0.2) is 0 Å². The molecule has 2 N–H and O–H groups in total. The quantitative estimate of drug-likeness (QED) is 0.733. The molecule has 0 heterocycles. The van der Waals surface area contributed by atoms with Crippen LogP contribution in [0, 0.1) is 0 Å². The van der Waals surface area contributed by atoms with Crippen LogP contribution in [0.3, 0.4) is 0 Å². The van der Waals surface area contributed by atoms with Crippen LogP contribution in [-0.2, 0) is 21.6 Å². The molecule has 0 amide bonds. The first kappa shape index (κ1) is 11.5. The fraction of sp³-hybridized carbons (Fsp3) is 0.125. The number of hydrogen-bond acceptors (Lipinski definition) is 4. The Morgan fingerprint density at radius 1 is 1.27 bits per heavy atom. The van der Waals surface area contributed by atoms with E-state index < -0.39 is 16.4 Å². The molecule has 7 heteroatoms. The predicted molar refractivity (Wildman–Crippen MR) is 50.0 cm³/mol. The van der Waals surface area contributed by atoms with E-state index in [2.05, 4.69) is 4.18 Å². The molecular formula is C8H8O6S. The van der Waals surface area contributed by atoms with Gasteiger partial charge in [0.1, 0.15) is 5.75 Å². The summed E-state index contributed by atoms with van der Waals surface area (Å²) < 4.78 is 33.1. The van der Waals surface area contributed by atoms with E-state index in [1.807, 2.05) is 0 Å². The lowest BCUT2D eigenvalue weighted by atomic mass is 10.1. The molecule has 0 fully saturated rings. The topological polar surface area (TPSA) is 101 Å². The summed E-state index contributed by atoms with van der Waals surface area (Å²) in [5.41, 5.74) is 0.505. The van der Waals surface area contributed by atoms with Crippen molar-refractivity contribution >= 4 is 16.4 Å². The van der Waals surface area contributed by atoms with Gasteiger partial charge >= 0.3 is 16.4 Å². The Morgan fingerprint density at radius 2 is 1.80 bits per heavy atom. The first-order valence-corrected chi connectivity index (χ1v) is 5.21. The molecule has 0 aromatic heterocycles. The van der Waals surface area contributed by atoms with Crippen LogP contribution in [0.4, 0.5) is 0 Å². The lowest BCUT2D eigenvalue weighted by Crippen LogP contribution is -2.06. The largest absolute Gasteiger partial charge is 0.481 e. The molecule has 0 atom stereocenters. The molecule has 1 rings (SSSR count). The molecule has 15 heavy (non-hydrogen) atoms. The van der Waals surface area contributed by atoms with Gasteiger partial charge in [0, 0.05) is 0 Å². The number of carboxylic acids is 1. The number of hydrogen-bond donors (Lipinski definition) is 2. The summed E-state index contributed by atoms with van der Waals surface area (Å²) in [7, 11) is -4.53. The maximum Gasteiger partial charge on any atom is 0.446 e. The summed E-state index contributed by atoms with van der Waals surface area (Å²) in [4.78, 5) is 10.3. The molecule has 0 aliphatic heterocycles. The average molecular weight is 232 g/mol. The van der Waals surface area contributed by atoms with Crippen LogP contribution < -0.4 is 4.18 Å². The van der Waals surface area contributed by atoms with Crippen molar-refractivity contribution in [2.75, 3.05) is 0 Å². The summed E-state index contributed by atoms with van der Waals surface area (Å²) in [5.74, 6) is -1.06. The predicted octanol–water partition coefficient (Wildman–Crippen LogP) is 0.495. The van der Waals surface area contributed by atoms with E-state index in [1.54, 1.807) is 0 Å². The van der Waals surface area contributed by atoms with Gasteiger partial charge in [0.15, 0.2) is 0 Å². The molecule has 0 bridgehead atoms. The van der Waals surface area contributed by atoms with Crippen molar-refractivity contribution in [2.45, 2.75) is 6.42 Å². The number of rotatable bonds is 4. The minimum atomic E-state index is -4.53. The van der Waals surface area contributed by atoms with E-state index in [0.29, 0.717) is 5.56 Å². The van der Waals surface area contributed by atoms with Crippen LogP contribution in [0.2, 0.25) is 0 Å². The first-order valence-electron chi connectivity index (χ1n) is 3.84. The van der Waals surface area contributed by atoms with Crippen LogP contribution in [0.25, 0.3) is 0 Å².